The molecule has 23 heavy (non-hydrogen) atoms. The van der Waals surface area contributed by atoms with E-state index in [0.717, 1.165) is 11.6 Å². The van der Waals surface area contributed by atoms with Crippen molar-refractivity contribution in [1.29, 1.82) is 0 Å². The molecule has 0 radical (unpaired) electrons. The van der Waals surface area contributed by atoms with Crippen LogP contribution in [0.3, 0.4) is 0 Å². The molecule has 3 rings (SSSR count). The number of nitrogens with one attached hydrogen (secondary N) is 1. The van der Waals surface area contributed by atoms with Gasteiger partial charge in [-0.3, -0.25) is 0 Å². The third kappa shape index (κ3) is 3.26. The Bertz CT molecular complexity index is 773. The molecule has 0 saturated heterocycles. The summed E-state index contributed by atoms with van der Waals surface area (Å²) in [6, 6.07) is 10.6. The molecule has 6 heteroatoms. The Morgan fingerprint density at radius 2 is 2.13 bits per heavy atom. The number of ether oxygens (including phenoxy) is 2. The number of halogens is 1. The average Bonchev–Trinajstić information content (AvgIpc) is 2.59. The number of rotatable bonds is 4. The van der Waals surface area contributed by atoms with Gasteiger partial charge in [-0.2, -0.15) is 0 Å². The highest BCUT2D eigenvalue weighted by Crippen LogP contribution is 2.31. The van der Waals surface area contributed by atoms with Crippen LogP contribution in [0.25, 0.3) is 5.70 Å². The summed E-state index contributed by atoms with van der Waals surface area (Å²) < 4.78 is 23.8. The van der Waals surface area contributed by atoms with Gasteiger partial charge in [0.2, 0.25) is 0 Å². The summed E-state index contributed by atoms with van der Waals surface area (Å²) in [4.78, 5) is 16.9. The molecule has 0 spiro atoms. The lowest BCUT2D eigenvalue weighted by molar-refractivity contribution is 0.0366. The van der Waals surface area contributed by atoms with Crippen molar-refractivity contribution >= 4 is 11.7 Å². The third-order valence-electron chi connectivity index (χ3n) is 3.32. The lowest BCUT2D eigenvalue weighted by atomic mass is 10.1. The smallest absolute Gasteiger partial charge is 0.362 e. The first-order chi connectivity index (χ1) is 11.2. The Labute approximate surface area is 132 Å². The van der Waals surface area contributed by atoms with Gasteiger partial charge >= 0.3 is 5.97 Å². The zero-order valence-electron chi connectivity index (χ0n) is 12.3. The molecule has 1 heterocycles. The van der Waals surface area contributed by atoms with Gasteiger partial charge in [-0.05, 0) is 36.4 Å². The highest BCUT2D eigenvalue weighted by atomic mass is 19.1. The predicted molar refractivity (Wildman–Crippen MR) is 81.4 cm³/mol. The van der Waals surface area contributed by atoms with Crippen molar-refractivity contribution in [3.8, 4) is 11.5 Å². The van der Waals surface area contributed by atoms with Crippen LogP contribution >= 0.6 is 0 Å². The normalized spacial score (nSPS) is 12.5. The van der Waals surface area contributed by atoms with Gasteiger partial charge in [0.15, 0.2) is 0 Å². The predicted octanol–water partition coefficient (Wildman–Crippen LogP) is 2.93. The van der Waals surface area contributed by atoms with E-state index in [4.69, 9.17) is 14.3 Å². The van der Waals surface area contributed by atoms with E-state index < -0.39 is 11.8 Å². The van der Waals surface area contributed by atoms with Crippen LogP contribution < -0.4 is 15.0 Å². The maximum absolute atomic E-state index is 13.1. The summed E-state index contributed by atoms with van der Waals surface area (Å²) in [7, 11) is 1.57. The summed E-state index contributed by atoms with van der Waals surface area (Å²) in [5.74, 6) is 0.118. The van der Waals surface area contributed by atoms with Crippen LogP contribution in [0.2, 0.25) is 0 Å². The second-order valence-electron chi connectivity index (χ2n) is 4.79. The molecule has 0 unspecified atom stereocenters. The Morgan fingerprint density at radius 3 is 2.91 bits per heavy atom. The van der Waals surface area contributed by atoms with E-state index in [1.807, 2.05) is 0 Å². The van der Waals surface area contributed by atoms with Gasteiger partial charge in [-0.25, -0.2) is 14.7 Å². The van der Waals surface area contributed by atoms with Gasteiger partial charge in [0.1, 0.15) is 23.9 Å². The minimum Gasteiger partial charge on any atom is -0.497 e. The number of hydrogen-bond acceptors (Lipinski definition) is 5. The molecule has 2 aromatic carbocycles. The monoisotopic (exact) mass is 315 g/mol. The molecule has 0 aromatic heterocycles. The summed E-state index contributed by atoms with van der Waals surface area (Å²) >= 11 is 0. The van der Waals surface area contributed by atoms with Crippen molar-refractivity contribution in [3.63, 3.8) is 0 Å². The van der Waals surface area contributed by atoms with E-state index in [0.29, 0.717) is 23.8 Å². The first-order valence-electron chi connectivity index (χ1n) is 6.91. The molecule has 2 aromatic rings. The highest BCUT2D eigenvalue weighted by molar-refractivity contribution is 5.89. The standard InChI is InChI=1S/C17H14FNO4/c1-21-13-5-6-14-15(7-8-22-16(14)10-13)19-23-17(20)11-3-2-4-12(18)9-11/h2-7,9-10,19H,8H2,1H3. The molecular weight excluding hydrogens is 301 g/mol. The van der Waals surface area contributed by atoms with Gasteiger partial charge in [0.05, 0.1) is 18.4 Å². The van der Waals surface area contributed by atoms with Crippen molar-refractivity contribution in [2.75, 3.05) is 13.7 Å². The largest absolute Gasteiger partial charge is 0.497 e. The second kappa shape index (κ2) is 6.39. The molecule has 1 N–H and O–H groups in total. The van der Waals surface area contributed by atoms with Crippen LogP contribution in [-0.2, 0) is 4.84 Å². The molecule has 0 aliphatic carbocycles. The van der Waals surface area contributed by atoms with Crippen LogP contribution in [0.4, 0.5) is 4.39 Å². The summed E-state index contributed by atoms with van der Waals surface area (Å²) in [5, 5.41) is 0. The van der Waals surface area contributed by atoms with Crippen molar-refractivity contribution in [1.82, 2.24) is 5.48 Å². The molecule has 118 valence electrons. The number of hydrogen-bond donors (Lipinski definition) is 1. The molecule has 0 bridgehead atoms. The Kier molecular flexibility index (Phi) is 4.14. The number of carbonyl (C=O) groups excluding carboxylic acids is 1. The first kappa shape index (κ1) is 14.9. The number of methoxy groups -OCH3 is 1. The Balaban J connectivity index is 1.72. The maximum atomic E-state index is 13.1. The van der Waals surface area contributed by atoms with Crippen molar-refractivity contribution in [2.45, 2.75) is 0 Å². The van der Waals surface area contributed by atoms with Gasteiger partial charge < -0.3 is 14.3 Å². The number of fused-ring (bicyclic) bond motifs is 1. The molecule has 0 amide bonds. The number of hydroxylamine groups is 1. The SMILES string of the molecule is COc1ccc2c(c1)OCC=C2NOC(=O)c1cccc(F)c1. The lowest BCUT2D eigenvalue weighted by Crippen LogP contribution is -2.21. The van der Waals surface area contributed by atoms with Crippen LogP contribution in [-0.4, -0.2) is 19.7 Å². The summed E-state index contributed by atoms with van der Waals surface area (Å²) in [6.45, 7) is 0.333. The quantitative estimate of drug-likeness (QED) is 0.879. The molecule has 0 fully saturated rings. The molecule has 1 aliphatic rings. The van der Waals surface area contributed by atoms with Gasteiger partial charge in [0.25, 0.3) is 0 Å². The van der Waals surface area contributed by atoms with E-state index in [1.165, 1.54) is 18.2 Å². The fraction of sp³-hybridized carbons (Fsp3) is 0.118. The van der Waals surface area contributed by atoms with E-state index in [1.54, 1.807) is 31.4 Å². The molecular formula is C17H14FNO4. The molecule has 0 saturated carbocycles. The van der Waals surface area contributed by atoms with Gasteiger partial charge in [0, 0.05) is 11.6 Å². The number of carbonyl (C=O) groups is 1. The average molecular weight is 315 g/mol. The zero-order valence-corrected chi connectivity index (χ0v) is 12.3. The van der Waals surface area contributed by atoms with Crippen LogP contribution in [0.5, 0.6) is 11.5 Å². The van der Waals surface area contributed by atoms with Crippen LogP contribution in [0.1, 0.15) is 15.9 Å². The highest BCUT2D eigenvalue weighted by Gasteiger charge is 2.17. The van der Waals surface area contributed by atoms with Gasteiger partial charge in [-0.15, -0.1) is 0 Å². The van der Waals surface area contributed by atoms with Crippen LogP contribution in [0.15, 0.2) is 48.5 Å². The molecule has 1 aliphatic heterocycles. The number of benzene rings is 2. The Morgan fingerprint density at radius 1 is 1.26 bits per heavy atom. The van der Waals surface area contributed by atoms with Gasteiger partial charge in [-0.1, -0.05) is 6.07 Å². The van der Waals surface area contributed by atoms with Crippen molar-refractivity contribution in [3.05, 3.63) is 65.5 Å². The van der Waals surface area contributed by atoms with Crippen LogP contribution in [0, 0.1) is 5.82 Å². The van der Waals surface area contributed by atoms with Crippen molar-refractivity contribution < 1.29 is 23.5 Å². The van der Waals surface area contributed by atoms with E-state index in [9.17, 15) is 9.18 Å². The minimum absolute atomic E-state index is 0.125. The lowest BCUT2D eigenvalue weighted by Gasteiger charge is -2.19. The van der Waals surface area contributed by atoms with E-state index in [2.05, 4.69) is 5.48 Å². The first-order valence-corrected chi connectivity index (χ1v) is 6.91. The summed E-state index contributed by atoms with van der Waals surface area (Å²) in [6.07, 6.45) is 1.74. The molecule has 5 nitrogen and oxygen atoms in total. The topological polar surface area (TPSA) is 56.8 Å². The minimum atomic E-state index is -0.674. The van der Waals surface area contributed by atoms with E-state index in [-0.39, 0.29) is 5.56 Å². The van der Waals surface area contributed by atoms with E-state index >= 15 is 0 Å². The third-order valence-corrected chi connectivity index (χ3v) is 3.32. The Hall–Kier alpha value is -3.02. The second-order valence-corrected chi connectivity index (χ2v) is 4.79. The fourth-order valence-corrected chi connectivity index (χ4v) is 2.17. The van der Waals surface area contributed by atoms with Crippen molar-refractivity contribution in [2.24, 2.45) is 0 Å². The summed E-state index contributed by atoms with van der Waals surface area (Å²) in [5.41, 5.74) is 4.06. The zero-order chi connectivity index (χ0) is 16.2. The fourth-order valence-electron chi connectivity index (χ4n) is 2.17. The molecule has 0 atom stereocenters. The maximum Gasteiger partial charge on any atom is 0.362 e.